The molecule has 0 saturated carbocycles. The molecule has 0 spiro atoms. The lowest BCUT2D eigenvalue weighted by molar-refractivity contribution is -0.616. The summed E-state index contributed by atoms with van der Waals surface area (Å²) in [6.45, 7) is 0. The van der Waals surface area contributed by atoms with Crippen molar-refractivity contribution in [3.8, 4) is 0 Å². The lowest BCUT2D eigenvalue weighted by Gasteiger charge is -1.98. The van der Waals surface area contributed by atoms with Gasteiger partial charge >= 0.3 is 0 Å². The van der Waals surface area contributed by atoms with Gasteiger partial charge in [0.1, 0.15) is 12.6 Å². The second-order valence-corrected chi connectivity index (χ2v) is 5.98. The predicted molar refractivity (Wildman–Crippen MR) is 86.8 cm³/mol. The van der Waals surface area contributed by atoms with Crippen LogP contribution in [0.5, 0.6) is 0 Å². The summed E-state index contributed by atoms with van der Waals surface area (Å²) in [5.74, 6) is 0. The van der Waals surface area contributed by atoms with Crippen LogP contribution in [0.3, 0.4) is 0 Å². The third kappa shape index (κ3) is 3.16. The molecular formula is C16H14N2O4S. The molecule has 0 aliphatic heterocycles. The molecule has 0 unspecified atom stereocenters. The van der Waals surface area contributed by atoms with E-state index < -0.39 is 10.4 Å². The molecule has 23 heavy (non-hydrogen) atoms. The molecule has 7 heteroatoms. The Morgan fingerprint density at radius 2 is 1.65 bits per heavy atom. The van der Waals surface area contributed by atoms with Crippen LogP contribution in [-0.4, -0.2) is 22.5 Å². The van der Waals surface area contributed by atoms with Crippen molar-refractivity contribution in [2.24, 2.45) is 7.05 Å². The Hall–Kier alpha value is -2.48. The number of pyridine rings is 1. The van der Waals surface area contributed by atoms with Crippen LogP contribution in [0, 0.1) is 0 Å². The normalized spacial score (nSPS) is 11.6. The minimum Gasteiger partial charge on any atom is -0.726 e. The molecule has 0 radical (unpaired) electrons. The quantitative estimate of drug-likeness (QED) is 0.294. The maximum atomic E-state index is 8.63. The number of hydrogen-bond donors (Lipinski definition) is 2. The Labute approximate surface area is 132 Å². The standard InChI is InChI=1S/C16H12N2.H2O4S/c1-18-15-9-5-2-6-11(15)10-14-16(18)12-7-3-4-8-13(12)17-14;1-5(2,3)4/h2-10H,1H3;(H2,1,2,3,4). The van der Waals surface area contributed by atoms with Crippen LogP contribution in [0.15, 0.2) is 54.6 Å². The van der Waals surface area contributed by atoms with E-state index in [9.17, 15) is 0 Å². The average molecular weight is 330 g/mol. The van der Waals surface area contributed by atoms with Gasteiger partial charge in [-0.3, -0.25) is 4.55 Å². The van der Waals surface area contributed by atoms with E-state index in [1.54, 1.807) is 0 Å². The number of fused-ring (bicyclic) bond motifs is 4. The first kappa shape index (κ1) is 15.4. The predicted octanol–water partition coefficient (Wildman–Crippen LogP) is 2.30. The van der Waals surface area contributed by atoms with Gasteiger partial charge in [-0.2, -0.15) is 4.57 Å². The third-order valence-electron chi connectivity index (χ3n) is 3.64. The fourth-order valence-electron chi connectivity index (χ4n) is 2.80. The first-order valence-electron chi connectivity index (χ1n) is 6.81. The van der Waals surface area contributed by atoms with Gasteiger partial charge in [-0.1, -0.05) is 24.3 Å². The van der Waals surface area contributed by atoms with Crippen LogP contribution >= 0.6 is 0 Å². The van der Waals surface area contributed by atoms with Crippen molar-refractivity contribution in [1.82, 2.24) is 4.98 Å². The fraction of sp³-hybridized carbons (Fsp3) is 0.0625. The Kier molecular flexibility index (Phi) is 3.77. The van der Waals surface area contributed by atoms with E-state index in [0.717, 1.165) is 0 Å². The van der Waals surface area contributed by atoms with Crippen molar-refractivity contribution in [2.45, 2.75) is 0 Å². The molecule has 2 aromatic heterocycles. The highest BCUT2D eigenvalue weighted by molar-refractivity contribution is 7.79. The molecule has 0 atom stereocenters. The first-order valence-corrected chi connectivity index (χ1v) is 8.17. The van der Waals surface area contributed by atoms with E-state index in [2.05, 4.69) is 71.2 Å². The van der Waals surface area contributed by atoms with Crippen LogP contribution in [0.4, 0.5) is 0 Å². The lowest BCUT2D eigenvalue weighted by atomic mass is 10.1. The molecule has 118 valence electrons. The number of aromatic amines is 1. The van der Waals surface area contributed by atoms with E-state index in [1.165, 1.54) is 32.8 Å². The van der Waals surface area contributed by atoms with Crippen molar-refractivity contribution in [3.63, 3.8) is 0 Å². The largest absolute Gasteiger partial charge is 0.726 e. The van der Waals surface area contributed by atoms with Gasteiger partial charge in [0.2, 0.25) is 21.4 Å². The second kappa shape index (κ2) is 5.62. The molecule has 6 nitrogen and oxygen atoms in total. The number of hydrogen-bond acceptors (Lipinski definition) is 3. The van der Waals surface area contributed by atoms with Crippen LogP contribution in [0.2, 0.25) is 0 Å². The summed E-state index contributed by atoms with van der Waals surface area (Å²) in [5.41, 5.74) is 4.91. The van der Waals surface area contributed by atoms with Gasteiger partial charge < -0.3 is 9.54 Å². The first-order chi connectivity index (χ1) is 10.8. The highest BCUT2D eigenvalue weighted by Crippen LogP contribution is 2.24. The monoisotopic (exact) mass is 330 g/mol. The molecule has 0 fully saturated rings. The number of benzene rings is 2. The van der Waals surface area contributed by atoms with E-state index in [1.807, 2.05) is 0 Å². The molecular weight excluding hydrogens is 316 g/mol. The maximum absolute atomic E-state index is 8.63. The number of nitrogens with one attached hydrogen (secondary N) is 1. The van der Waals surface area contributed by atoms with Gasteiger partial charge in [0.05, 0.1) is 10.9 Å². The number of H-pyrrole nitrogens is 1. The lowest BCUT2D eigenvalue weighted by Crippen LogP contribution is -2.29. The number of aromatic nitrogens is 2. The summed E-state index contributed by atoms with van der Waals surface area (Å²) in [4.78, 5) is 3.49. The van der Waals surface area contributed by atoms with Crippen LogP contribution in [0.25, 0.3) is 32.8 Å². The minimum absolute atomic E-state index is 1.19. The summed E-state index contributed by atoms with van der Waals surface area (Å²) in [5, 5.41) is 2.54. The summed E-state index contributed by atoms with van der Waals surface area (Å²) >= 11 is 0. The number of rotatable bonds is 0. The molecule has 0 saturated heterocycles. The van der Waals surface area contributed by atoms with Gasteiger partial charge in [-0.15, -0.1) is 0 Å². The molecule has 2 N–H and O–H groups in total. The van der Waals surface area contributed by atoms with Crippen molar-refractivity contribution in [3.05, 3.63) is 54.6 Å². The van der Waals surface area contributed by atoms with Gasteiger partial charge in [-0.25, -0.2) is 8.42 Å². The molecule has 2 heterocycles. The zero-order chi connectivity index (χ0) is 16.6. The molecule has 0 bridgehead atoms. The summed E-state index contributed by atoms with van der Waals surface area (Å²) in [6.07, 6.45) is 0. The summed E-state index contributed by atoms with van der Waals surface area (Å²) in [7, 11) is -2.79. The van der Waals surface area contributed by atoms with E-state index >= 15 is 0 Å². The third-order valence-corrected chi connectivity index (χ3v) is 3.64. The zero-order valence-corrected chi connectivity index (χ0v) is 13.0. The maximum Gasteiger partial charge on any atom is 0.238 e. The van der Waals surface area contributed by atoms with Gasteiger partial charge in [-0.05, 0) is 24.3 Å². The molecule has 0 amide bonds. The van der Waals surface area contributed by atoms with E-state index in [0.29, 0.717) is 0 Å². The Balaban J connectivity index is 0.000000276. The minimum atomic E-state index is -4.92. The van der Waals surface area contributed by atoms with E-state index in [-0.39, 0.29) is 0 Å². The fourth-order valence-corrected chi connectivity index (χ4v) is 2.80. The zero-order valence-electron chi connectivity index (χ0n) is 12.2. The SMILES string of the molecule is C[n+]1c2ccccc2cc2[nH]c3ccccc3c21.O=S(=O)([O-])O. The van der Waals surface area contributed by atoms with Crippen molar-refractivity contribution < 1.29 is 22.1 Å². The van der Waals surface area contributed by atoms with Crippen LogP contribution in [-0.2, 0) is 17.4 Å². The smallest absolute Gasteiger partial charge is 0.238 e. The Bertz CT molecular complexity index is 1110. The highest BCUT2D eigenvalue weighted by atomic mass is 32.3. The van der Waals surface area contributed by atoms with Crippen LogP contribution in [0.1, 0.15) is 0 Å². The average Bonchev–Trinajstić information content (AvgIpc) is 2.84. The molecule has 4 rings (SSSR count). The van der Waals surface area contributed by atoms with Gasteiger partial charge in [0.15, 0.2) is 0 Å². The van der Waals surface area contributed by atoms with Gasteiger partial charge in [0, 0.05) is 11.5 Å². The molecule has 0 aliphatic rings. The Morgan fingerprint density at radius 3 is 2.39 bits per heavy atom. The molecule has 2 aromatic carbocycles. The van der Waals surface area contributed by atoms with Crippen LogP contribution < -0.4 is 4.57 Å². The van der Waals surface area contributed by atoms with Crippen molar-refractivity contribution in [2.75, 3.05) is 0 Å². The topological polar surface area (TPSA) is 97.1 Å². The number of para-hydroxylation sites is 2. The second-order valence-electron chi connectivity index (χ2n) is 5.12. The Morgan fingerprint density at radius 1 is 1.04 bits per heavy atom. The van der Waals surface area contributed by atoms with E-state index in [4.69, 9.17) is 17.5 Å². The highest BCUT2D eigenvalue weighted by Gasteiger charge is 2.16. The number of nitrogens with zero attached hydrogens (tertiary/aromatic N) is 1. The summed E-state index contributed by atoms with van der Waals surface area (Å²) in [6, 6.07) is 19.2. The molecule has 4 aromatic rings. The van der Waals surface area contributed by atoms with Crippen molar-refractivity contribution in [1.29, 1.82) is 0 Å². The van der Waals surface area contributed by atoms with Gasteiger partial charge in [0.25, 0.3) is 0 Å². The van der Waals surface area contributed by atoms with Crippen molar-refractivity contribution >= 4 is 43.2 Å². The number of aryl methyl sites for hydroxylation is 1. The summed E-state index contributed by atoms with van der Waals surface area (Å²) < 4.78 is 35.1. The molecule has 0 aliphatic carbocycles.